The van der Waals surface area contributed by atoms with Crippen LogP contribution in [0.2, 0.25) is 0 Å². The predicted molar refractivity (Wildman–Crippen MR) is 145 cm³/mol. The van der Waals surface area contributed by atoms with Gasteiger partial charge in [-0.1, -0.05) is 42.5 Å². The number of benzene rings is 4. The number of hydrogen-bond donors (Lipinski definition) is 0. The molecule has 0 radical (unpaired) electrons. The fourth-order valence-corrected chi connectivity index (χ4v) is 4.90. The number of esters is 1. The highest BCUT2D eigenvalue weighted by Gasteiger charge is 2.34. The highest BCUT2D eigenvalue weighted by molar-refractivity contribution is 5.95. The Morgan fingerprint density at radius 1 is 0.857 bits per heavy atom. The zero-order valence-electron chi connectivity index (χ0n) is 22.3. The largest absolute Gasteiger partial charge is 0.462 e. The molecule has 1 heterocycles. The Morgan fingerprint density at radius 3 is 2.17 bits per heavy atom. The second kappa shape index (κ2) is 11.7. The highest BCUT2D eigenvalue weighted by atomic mass is 19.4. The Balaban J connectivity index is 1.54. The van der Waals surface area contributed by atoms with Crippen molar-refractivity contribution in [2.45, 2.75) is 32.5 Å². The second-order valence-corrected chi connectivity index (χ2v) is 9.67. The van der Waals surface area contributed by atoms with Gasteiger partial charge in [0.1, 0.15) is 23.0 Å². The molecule has 42 heavy (non-hydrogen) atoms. The van der Waals surface area contributed by atoms with Crippen molar-refractivity contribution in [2.24, 2.45) is 0 Å². The monoisotopic (exact) mass is 582 g/mol. The van der Waals surface area contributed by atoms with E-state index in [0.29, 0.717) is 36.1 Å². The van der Waals surface area contributed by atoms with Gasteiger partial charge >= 0.3 is 12.1 Å². The number of carbonyl (C=O) groups is 1. The number of aromatic nitrogens is 2. The van der Waals surface area contributed by atoms with E-state index in [0.717, 1.165) is 21.9 Å². The van der Waals surface area contributed by atoms with Gasteiger partial charge in [-0.05, 0) is 55.2 Å². The molecule has 0 saturated carbocycles. The molecule has 4 nitrogen and oxygen atoms in total. The fraction of sp³-hybridized carbons (Fsp3) is 0.188. The summed E-state index contributed by atoms with van der Waals surface area (Å²) in [4.78, 5) is 12.1. The molecule has 0 fully saturated rings. The number of hydrogen-bond acceptors (Lipinski definition) is 3. The van der Waals surface area contributed by atoms with E-state index in [2.05, 4.69) is 5.10 Å². The Labute approximate surface area is 237 Å². The minimum atomic E-state index is -4.72. The van der Waals surface area contributed by atoms with Crippen molar-refractivity contribution in [1.29, 1.82) is 0 Å². The van der Waals surface area contributed by atoms with Gasteiger partial charge < -0.3 is 4.74 Å². The van der Waals surface area contributed by atoms with Crippen molar-refractivity contribution in [1.82, 2.24) is 9.78 Å². The normalized spacial score (nSPS) is 11.7. The van der Waals surface area contributed by atoms with Gasteiger partial charge in [0, 0.05) is 28.6 Å². The lowest BCUT2D eigenvalue weighted by molar-refractivity contribution is -0.136. The zero-order valence-corrected chi connectivity index (χ0v) is 22.3. The van der Waals surface area contributed by atoms with E-state index in [1.165, 1.54) is 12.1 Å². The first kappa shape index (κ1) is 28.9. The molecule has 0 aliphatic heterocycles. The third kappa shape index (κ3) is 6.02. The van der Waals surface area contributed by atoms with Gasteiger partial charge in [0.2, 0.25) is 0 Å². The quantitative estimate of drug-likeness (QED) is 0.137. The summed E-state index contributed by atoms with van der Waals surface area (Å²) < 4.78 is 90.4. The molecule has 4 aromatic carbocycles. The maximum absolute atomic E-state index is 14.6. The standard InChI is InChI=1S/C32H24F6N2O2/c1-2-42-31(41)22-9-4-7-20(15-22)13-12-19-6-3-8-21(14-19)30-24-10-5-11-26(32(36,37)38)29(24)39-40(30)18-25-27(34)16-23(33)17-28(25)35/h3-11,14-17H,2,12-13,18H2,1H3. The molecule has 0 saturated heterocycles. The summed E-state index contributed by atoms with van der Waals surface area (Å²) in [6, 6.07) is 18.7. The van der Waals surface area contributed by atoms with Crippen LogP contribution in [0.15, 0.2) is 78.9 Å². The van der Waals surface area contributed by atoms with Gasteiger partial charge in [-0.3, -0.25) is 4.68 Å². The van der Waals surface area contributed by atoms with Crippen molar-refractivity contribution < 1.29 is 35.9 Å². The Kier molecular flexibility index (Phi) is 8.06. The minimum Gasteiger partial charge on any atom is -0.462 e. The van der Waals surface area contributed by atoms with Crippen LogP contribution in [0.5, 0.6) is 0 Å². The molecule has 1 aromatic heterocycles. The second-order valence-electron chi connectivity index (χ2n) is 9.67. The summed E-state index contributed by atoms with van der Waals surface area (Å²) in [6.45, 7) is 1.41. The summed E-state index contributed by atoms with van der Waals surface area (Å²) in [6.07, 6.45) is -3.63. The van der Waals surface area contributed by atoms with Crippen LogP contribution in [-0.2, 0) is 30.3 Å². The van der Waals surface area contributed by atoms with Crippen LogP contribution in [0.4, 0.5) is 26.3 Å². The van der Waals surface area contributed by atoms with Gasteiger partial charge in [0.25, 0.3) is 0 Å². The van der Waals surface area contributed by atoms with Crippen molar-refractivity contribution in [3.8, 4) is 11.3 Å². The number of carbonyl (C=O) groups excluding carboxylic acids is 1. The van der Waals surface area contributed by atoms with Crippen LogP contribution < -0.4 is 0 Å². The number of aryl methyl sites for hydroxylation is 2. The number of ether oxygens (including phenoxy) is 1. The van der Waals surface area contributed by atoms with Gasteiger partial charge in [0.05, 0.1) is 30.0 Å². The third-order valence-corrected chi connectivity index (χ3v) is 6.83. The van der Waals surface area contributed by atoms with E-state index < -0.39 is 47.3 Å². The van der Waals surface area contributed by atoms with Crippen LogP contribution in [0.1, 0.15) is 39.5 Å². The maximum Gasteiger partial charge on any atom is 0.418 e. The van der Waals surface area contributed by atoms with Crippen molar-refractivity contribution in [3.05, 3.63) is 124 Å². The maximum atomic E-state index is 14.6. The third-order valence-electron chi connectivity index (χ3n) is 6.83. The molecule has 0 aliphatic carbocycles. The summed E-state index contributed by atoms with van der Waals surface area (Å²) in [7, 11) is 0. The molecular formula is C32H24F6N2O2. The van der Waals surface area contributed by atoms with Crippen molar-refractivity contribution >= 4 is 16.9 Å². The lowest BCUT2D eigenvalue weighted by atomic mass is 9.99. The van der Waals surface area contributed by atoms with Gasteiger partial charge in [-0.2, -0.15) is 18.3 Å². The highest BCUT2D eigenvalue weighted by Crippen LogP contribution is 2.38. The molecule has 216 valence electrons. The molecule has 0 unspecified atom stereocenters. The Morgan fingerprint density at radius 2 is 1.50 bits per heavy atom. The first-order chi connectivity index (χ1) is 20.0. The summed E-state index contributed by atoms with van der Waals surface area (Å²) >= 11 is 0. The van der Waals surface area contributed by atoms with Gasteiger partial charge in [0.15, 0.2) is 0 Å². The van der Waals surface area contributed by atoms with Gasteiger partial charge in [-0.25, -0.2) is 18.0 Å². The van der Waals surface area contributed by atoms with E-state index in [1.807, 2.05) is 12.1 Å². The zero-order chi connectivity index (χ0) is 30.0. The smallest absolute Gasteiger partial charge is 0.418 e. The molecule has 0 spiro atoms. The number of rotatable bonds is 8. The molecule has 0 bridgehead atoms. The molecule has 0 aliphatic rings. The molecule has 10 heteroatoms. The molecular weight excluding hydrogens is 558 g/mol. The van der Waals surface area contributed by atoms with Crippen LogP contribution in [0.3, 0.4) is 0 Å². The molecule has 5 aromatic rings. The van der Waals surface area contributed by atoms with Crippen LogP contribution >= 0.6 is 0 Å². The summed E-state index contributed by atoms with van der Waals surface area (Å²) in [5.41, 5.74) is 0.972. The lowest BCUT2D eigenvalue weighted by Crippen LogP contribution is -2.09. The number of nitrogens with zero attached hydrogens (tertiary/aromatic N) is 2. The van der Waals surface area contributed by atoms with Crippen LogP contribution in [0, 0.1) is 17.5 Å². The van der Waals surface area contributed by atoms with E-state index in [4.69, 9.17) is 4.74 Å². The number of alkyl halides is 3. The van der Waals surface area contributed by atoms with E-state index in [1.54, 1.807) is 43.3 Å². The average molecular weight is 583 g/mol. The van der Waals surface area contributed by atoms with Crippen LogP contribution in [0.25, 0.3) is 22.2 Å². The number of fused-ring (bicyclic) bond motifs is 1. The van der Waals surface area contributed by atoms with E-state index in [9.17, 15) is 31.1 Å². The van der Waals surface area contributed by atoms with Gasteiger partial charge in [-0.15, -0.1) is 0 Å². The predicted octanol–water partition coefficient (Wildman–Crippen LogP) is 8.15. The van der Waals surface area contributed by atoms with Crippen molar-refractivity contribution in [2.75, 3.05) is 6.61 Å². The summed E-state index contributed by atoms with van der Waals surface area (Å²) in [5, 5.41) is 4.29. The molecule has 0 amide bonds. The van der Waals surface area contributed by atoms with E-state index >= 15 is 0 Å². The fourth-order valence-electron chi connectivity index (χ4n) is 4.90. The molecule has 0 N–H and O–H groups in total. The topological polar surface area (TPSA) is 44.1 Å². The first-order valence-electron chi connectivity index (χ1n) is 13.1. The SMILES string of the molecule is CCOC(=O)c1cccc(CCc2cccc(-c3c4cccc(C(F)(F)F)c4nn3Cc3c(F)cc(F)cc3F)c2)c1. The summed E-state index contributed by atoms with van der Waals surface area (Å²) in [5.74, 6) is -3.88. The lowest BCUT2D eigenvalue weighted by Gasteiger charge is -2.12. The Hall–Kier alpha value is -4.60. The minimum absolute atomic E-state index is 0.145. The Bertz CT molecular complexity index is 1750. The first-order valence-corrected chi connectivity index (χ1v) is 13.1. The van der Waals surface area contributed by atoms with Crippen LogP contribution in [-0.4, -0.2) is 22.4 Å². The number of halogens is 6. The molecule has 5 rings (SSSR count). The van der Waals surface area contributed by atoms with Crippen molar-refractivity contribution in [3.63, 3.8) is 0 Å². The van der Waals surface area contributed by atoms with E-state index in [-0.39, 0.29) is 23.2 Å². The molecule has 0 atom stereocenters. The average Bonchev–Trinajstić information content (AvgIpc) is 3.32.